The smallest absolute Gasteiger partial charge is 0.230 e. The maximum Gasteiger partial charge on any atom is 0.230 e. The van der Waals surface area contributed by atoms with Crippen LogP contribution in [0.1, 0.15) is 0 Å². The Morgan fingerprint density at radius 3 is 2.88 bits per heavy atom. The van der Waals surface area contributed by atoms with Gasteiger partial charge in [0.25, 0.3) is 0 Å². The van der Waals surface area contributed by atoms with Crippen LogP contribution in [0.25, 0.3) is 0 Å². The Hall–Kier alpha value is -0.710. The molecule has 1 N–H and O–H groups in total. The molecule has 0 atom stereocenters. The van der Waals surface area contributed by atoms with Crippen LogP contribution < -0.4 is 5.32 Å². The van der Waals surface area contributed by atoms with E-state index in [9.17, 15) is 4.79 Å². The molecule has 0 bridgehead atoms. The monoisotopic (exact) mass is 257 g/mol. The van der Waals surface area contributed by atoms with Crippen LogP contribution in [0.5, 0.6) is 0 Å². The van der Waals surface area contributed by atoms with E-state index in [1.807, 2.05) is 24.3 Å². The first-order chi connectivity index (χ1) is 7.75. The molecule has 0 aliphatic carbocycles. The number of thioether (sulfide) groups is 1. The predicted octanol–water partition coefficient (Wildman–Crippen LogP) is 1.95. The van der Waals surface area contributed by atoms with Crippen molar-refractivity contribution in [3.8, 4) is 0 Å². The zero-order chi connectivity index (χ0) is 11.4. The molecule has 2 rings (SSSR count). The van der Waals surface area contributed by atoms with Gasteiger partial charge in [-0.2, -0.15) is 0 Å². The number of hydrogen-bond acceptors (Lipinski definition) is 3. The highest BCUT2D eigenvalue weighted by molar-refractivity contribution is 8.00. The highest BCUT2D eigenvalue weighted by atomic mass is 35.5. The number of hydrogen-bond donors (Lipinski definition) is 1. The first-order valence-electron chi connectivity index (χ1n) is 5.00. The van der Waals surface area contributed by atoms with Crippen LogP contribution >= 0.6 is 23.4 Å². The van der Waals surface area contributed by atoms with Crippen molar-refractivity contribution in [1.82, 2.24) is 5.32 Å². The number of carbonyl (C=O) groups is 1. The van der Waals surface area contributed by atoms with Gasteiger partial charge in [0, 0.05) is 4.90 Å². The summed E-state index contributed by atoms with van der Waals surface area (Å²) in [7, 11) is 0. The van der Waals surface area contributed by atoms with E-state index in [0.717, 1.165) is 4.90 Å². The second kappa shape index (κ2) is 5.57. The first kappa shape index (κ1) is 11.8. The molecule has 3 nitrogen and oxygen atoms in total. The molecule has 1 aromatic rings. The highest BCUT2D eigenvalue weighted by Gasteiger charge is 2.20. The van der Waals surface area contributed by atoms with Crippen LogP contribution in [0.4, 0.5) is 0 Å². The fraction of sp³-hybridized carbons (Fsp3) is 0.364. The van der Waals surface area contributed by atoms with Crippen LogP contribution in [-0.2, 0) is 9.53 Å². The minimum atomic E-state index is 0.0261. The molecule has 1 aliphatic heterocycles. The first-order valence-corrected chi connectivity index (χ1v) is 6.36. The summed E-state index contributed by atoms with van der Waals surface area (Å²) in [4.78, 5) is 12.4. The van der Waals surface area contributed by atoms with Gasteiger partial charge in [0.1, 0.15) is 0 Å². The van der Waals surface area contributed by atoms with E-state index in [-0.39, 0.29) is 11.9 Å². The van der Waals surface area contributed by atoms with E-state index in [4.69, 9.17) is 16.3 Å². The minimum Gasteiger partial charge on any atom is -0.377 e. The largest absolute Gasteiger partial charge is 0.377 e. The van der Waals surface area contributed by atoms with Gasteiger partial charge in [-0.05, 0) is 12.1 Å². The Labute approximate surface area is 104 Å². The van der Waals surface area contributed by atoms with Gasteiger partial charge < -0.3 is 10.1 Å². The summed E-state index contributed by atoms with van der Waals surface area (Å²) in [5.74, 6) is 0.415. The molecule has 1 aliphatic rings. The lowest BCUT2D eigenvalue weighted by molar-refractivity contribution is -0.122. The zero-order valence-corrected chi connectivity index (χ0v) is 10.2. The molecule has 0 aromatic heterocycles. The molecule has 1 aromatic carbocycles. The second-order valence-corrected chi connectivity index (χ2v) is 4.95. The highest BCUT2D eigenvalue weighted by Crippen LogP contribution is 2.26. The van der Waals surface area contributed by atoms with Gasteiger partial charge in [-0.25, -0.2) is 0 Å². The Morgan fingerprint density at radius 1 is 1.50 bits per heavy atom. The van der Waals surface area contributed by atoms with Gasteiger partial charge in [-0.15, -0.1) is 11.8 Å². The average molecular weight is 258 g/mol. The standard InChI is InChI=1S/C11H12ClNO2S/c12-9-3-1-2-4-10(9)16-7-11(14)13-8-5-15-6-8/h1-4,8H,5-7H2,(H,13,14). The van der Waals surface area contributed by atoms with Crippen LogP contribution in [0, 0.1) is 0 Å². The van der Waals surface area contributed by atoms with Crippen LogP contribution in [0.2, 0.25) is 5.02 Å². The van der Waals surface area contributed by atoms with Crippen molar-refractivity contribution in [3.05, 3.63) is 29.3 Å². The number of nitrogens with one attached hydrogen (secondary N) is 1. The van der Waals surface area contributed by atoms with Gasteiger partial charge in [0.2, 0.25) is 5.91 Å². The van der Waals surface area contributed by atoms with E-state index in [1.54, 1.807) is 0 Å². The fourth-order valence-corrected chi connectivity index (χ4v) is 2.34. The number of carbonyl (C=O) groups excluding carboxylic acids is 1. The van der Waals surface area contributed by atoms with Gasteiger partial charge in [-0.3, -0.25) is 4.79 Å². The van der Waals surface area contributed by atoms with Crippen LogP contribution in [0.3, 0.4) is 0 Å². The maximum atomic E-state index is 11.5. The quantitative estimate of drug-likeness (QED) is 0.838. The van der Waals surface area contributed by atoms with E-state index < -0.39 is 0 Å². The third-order valence-corrected chi connectivity index (χ3v) is 3.71. The van der Waals surface area contributed by atoms with Crippen molar-refractivity contribution in [2.75, 3.05) is 19.0 Å². The zero-order valence-electron chi connectivity index (χ0n) is 8.61. The van der Waals surface area contributed by atoms with Gasteiger partial charge in [-0.1, -0.05) is 23.7 Å². The van der Waals surface area contributed by atoms with E-state index >= 15 is 0 Å². The lowest BCUT2D eigenvalue weighted by Gasteiger charge is -2.26. The molecule has 0 spiro atoms. The second-order valence-electron chi connectivity index (χ2n) is 3.52. The number of rotatable bonds is 4. The van der Waals surface area contributed by atoms with Crippen LogP contribution in [-0.4, -0.2) is 30.9 Å². The normalized spacial score (nSPS) is 15.6. The summed E-state index contributed by atoms with van der Waals surface area (Å²) in [6, 6.07) is 7.71. The van der Waals surface area contributed by atoms with E-state index in [1.165, 1.54) is 11.8 Å². The predicted molar refractivity (Wildman–Crippen MR) is 64.9 cm³/mol. The Morgan fingerprint density at radius 2 is 2.25 bits per heavy atom. The topological polar surface area (TPSA) is 38.3 Å². The molecular weight excluding hydrogens is 246 g/mol. The Kier molecular flexibility index (Phi) is 4.09. The SMILES string of the molecule is O=C(CSc1ccccc1Cl)NC1COC1. The summed E-state index contributed by atoms with van der Waals surface area (Å²) in [5, 5.41) is 3.57. The summed E-state index contributed by atoms with van der Waals surface area (Å²) in [5.41, 5.74) is 0. The molecule has 0 unspecified atom stereocenters. The van der Waals surface area contributed by atoms with Crippen molar-refractivity contribution >= 4 is 29.3 Å². The Balaban J connectivity index is 1.78. The van der Waals surface area contributed by atoms with Gasteiger partial charge in [0.05, 0.1) is 30.0 Å². The molecule has 1 amide bonds. The number of halogens is 1. The van der Waals surface area contributed by atoms with Crippen molar-refractivity contribution in [3.63, 3.8) is 0 Å². The molecule has 0 saturated carbocycles. The molecule has 86 valence electrons. The number of benzene rings is 1. The number of amides is 1. The average Bonchev–Trinajstić information content (AvgIpc) is 2.22. The molecule has 16 heavy (non-hydrogen) atoms. The third kappa shape index (κ3) is 3.14. The molecule has 1 saturated heterocycles. The van der Waals surface area contributed by atoms with Gasteiger partial charge in [0.15, 0.2) is 0 Å². The van der Waals surface area contributed by atoms with E-state index in [0.29, 0.717) is 24.0 Å². The lowest BCUT2D eigenvalue weighted by atomic mass is 10.2. The molecule has 1 fully saturated rings. The molecule has 5 heteroatoms. The summed E-state index contributed by atoms with van der Waals surface area (Å²) >= 11 is 7.43. The van der Waals surface area contributed by atoms with Crippen molar-refractivity contribution in [2.24, 2.45) is 0 Å². The van der Waals surface area contributed by atoms with Crippen molar-refractivity contribution in [2.45, 2.75) is 10.9 Å². The number of ether oxygens (including phenoxy) is 1. The van der Waals surface area contributed by atoms with Gasteiger partial charge >= 0.3 is 0 Å². The van der Waals surface area contributed by atoms with Crippen molar-refractivity contribution in [1.29, 1.82) is 0 Å². The van der Waals surface area contributed by atoms with Crippen molar-refractivity contribution < 1.29 is 9.53 Å². The fourth-order valence-electron chi connectivity index (χ4n) is 1.29. The maximum absolute atomic E-state index is 11.5. The Bertz CT molecular complexity index is 382. The molecular formula is C11H12ClNO2S. The summed E-state index contributed by atoms with van der Waals surface area (Å²) in [6.07, 6.45) is 0. The third-order valence-electron chi connectivity index (χ3n) is 2.20. The molecule has 1 heterocycles. The van der Waals surface area contributed by atoms with Crippen LogP contribution in [0.15, 0.2) is 29.2 Å². The molecule has 0 radical (unpaired) electrons. The van der Waals surface area contributed by atoms with E-state index in [2.05, 4.69) is 5.32 Å². The summed E-state index contributed by atoms with van der Waals surface area (Å²) in [6.45, 7) is 1.25. The minimum absolute atomic E-state index is 0.0261. The lowest BCUT2D eigenvalue weighted by Crippen LogP contribution is -2.49. The summed E-state index contributed by atoms with van der Waals surface area (Å²) < 4.78 is 4.98.